The largest absolute Gasteiger partial charge is 0.377 e. The number of hydrogen-bond donors (Lipinski definition) is 1. The van der Waals surface area contributed by atoms with Crippen molar-refractivity contribution in [2.24, 2.45) is 0 Å². The van der Waals surface area contributed by atoms with Crippen LogP contribution >= 0.6 is 0 Å². The molecule has 0 saturated carbocycles. The minimum atomic E-state index is 0.365. The third-order valence-corrected chi connectivity index (χ3v) is 3.91. The molecule has 0 aromatic heterocycles. The quantitative estimate of drug-likeness (QED) is 0.803. The molecule has 4 atom stereocenters. The summed E-state index contributed by atoms with van der Waals surface area (Å²) in [5.41, 5.74) is 0. The molecule has 18 heavy (non-hydrogen) atoms. The molecular weight excluding hydrogens is 228 g/mol. The van der Waals surface area contributed by atoms with Gasteiger partial charge in [0.1, 0.15) is 0 Å². The Morgan fingerprint density at radius 2 is 2.00 bits per heavy atom. The van der Waals surface area contributed by atoms with Crippen LogP contribution in [0, 0.1) is 0 Å². The summed E-state index contributed by atoms with van der Waals surface area (Å²) in [5, 5.41) is 3.59. The van der Waals surface area contributed by atoms with E-state index in [4.69, 9.17) is 9.47 Å². The Kier molecular flexibility index (Phi) is 5.42. The summed E-state index contributed by atoms with van der Waals surface area (Å²) in [6.07, 6.45) is 3.58. The number of nitrogens with zero attached hydrogens (tertiary/aromatic N) is 1. The summed E-state index contributed by atoms with van der Waals surface area (Å²) in [7, 11) is 0. The number of nitrogens with one attached hydrogen (secondary N) is 1. The highest BCUT2D eigenvalue weighted by Crippen LogP contribution is 2.15. The maximum Gasteiger partial charge on any atom is 0.0726 e. The van der Waals surface area contributed by atoms with Gasteiger partial charge < -0.3 is 14.8 Å². The van der Waals surface area contributed by atoms with E-state index in [1.165, 1.54) is 12.8 Å². The zero-order chi connectivity index (χ0) is 13.0. The van der Waals surface area contributed by atoms with Crippen LogP contribution in [0.15, 0.2) is 0 Å². The zero-order valence-corrected chi connectivity index (χ0v) is 12.0. The van der Waals surface area contributed by atoms with Crippen molar-refractivity contribution in [2.45, 2.75) is 58.0 Å². The number of hydrogen-bond acceptors (Lipinski definition) is 4. The predicted octanol–water partition coefficient (Wildman–Crippen LogP) is 1.25. The van der Waals surface area contributed by atoms with Crippen LogP contribution in [0.2, 0.25) is 0 Å². The minimum Gasteiger partial charge on any atom is -0.377 e. The molecule has 0 aliphatic carbocycles. The number of morpholine rings is 1. The van der Waals surface area contributed by atoms with Crippen molar-refractivity contribution in [3.63, 3.8) is 0 Å². The van der Waals surface area contributed by atoms with E-state index < -0.39 is 0 Å². The van der Waals surface area contributed by atoms with Gasteiger partial charge in [-0.15, -0.1) is 0 Å². The maximum absolute atomic E-state index is 5.74. The highest BCUT2D eigenvalue weighted by atomic mass is 16.5. The van der Waals surface area contributed by atoms with E-state index >= 15 is 0 Å². The van der Waals surface area contributed by atoms with Gasteiger partial charge in [0.05, 0.1) is 18.3 Å². The standard InChI is InChI=1S/C14H28N2O2/c1-11-9-16(10-12(2)18-11)7-6-15-13(3)14-5-4-8-17-14/h11-15H,4-10H2,1-3H3. The van der Waals surface area contributed by atoms with Gasteiger partial charge >= 0.3 is 0 Å². The molecule has 0 radical (unpaired) electrons. The van der Waals surface area contributed by atoms with Crippen molar-refractivity contribution in [1.29, 1.82) is 0 Å². The lowest BCUT2D eigenvalue weighted by Gasteiger charge is -2.35. The van der Waals surface area contributed by atoms with Gasteiger partial charge in [0.15, 0.2) is 0 Å². The van der Waals surface area contributed by atoms with Crippen LogP contribution in [0.1, 0.15) is 33.6 Å². The second-order valence-corrected chi connectivity index (χ2v) is 5.81. The third-order valence-electron chi connectivity index (χ3n) is 3.91. The molecule has 4 heteroatoms. The van der Waals surface area contributed by atoms with Crippen LogP contribution in [0.5, 0.6) is 0 Å². The van der Waals surface area contributed by atoms with E-state index in [1.54, 1.807) is 0 Å². The lowest BCUT2D eigenvalue weighted by atomic mass is 10.1. The molecule has 4 nitrogen and oxygen atoms in total. The molecule has 0 spiro atoms. The second kappa shape index (κ2) is 6.85. The smallest absolute Gasteiger partial charge is 0.0726 e. The molecule has 0 aromatic rings. The van der Waals surface area contributed by atoms with Gasteiger partial charge in [0.2, 0.25) is 0 Å². The summed E-state index contributed by atoms with van der Waals surface area (Å²) in [5.74, 6) is 0. The number of rotatable bonds is 5. The Morgan fingerprint density at radius 1 is 1.28 bits per heavy atom. The second-order valence-electron chi connectivity index (χ2n) is 5.81. The van der Waals surface area contributed by atoms with Crippen molar-refractivity contribution in [2.75, 3.05) is 32.8 Å². The topological polar surface area (TPSA) is 33.7 Å². The first-order chi connectivity index (χ1) is 8.65. The Hall–Kier alpha value is -0.160. The van der Waals surface area contributed by atoms with E-state index in [0.717, 1.165) is 32.8 Å². The molecule has 0 amide bonds. The van der Waals surface area contributed by atoms with E-state index in [0.29, 0.717) is 24.4 Å². The van der Waals surface area contributed by atoms with Crippen LogP contribution in [0.25, 0.3) is 0 Å². The molecule has 0 bridgehead atoms. The highest BCUT2D eigenvalue weighted by molar-refractivity contribution is 4.78. The fourth-order valence-corrected chi connectivity index (χ4v) is 3.05. The van der Waals surface area contributed by atoms with Gasteiger partial charge in [-0.05, 0) is 33.6 Å². The Labute approximate surface area is 111 Å². The SMILES string of the molecule is CC1CN(CCNC(C)C2CCCO2)CC(C)O1. The molecular formula is C14H28N2O2. The van der Waals surface area contributed by atoms with Crippen LogP contribution in [-0.2, 0) is 9.47 Å². The van der Waals surface area contributed by atoms with E-state index in [2.05, 4.69) is 31.0 Å². The molecule has 2 aliphatic heterocycles. The number of ether oxygens (including phenoxy) is 2. The molecule has 2 fully saturated rings. The monoisotopic (exact) mass is 256 g/mol. The lowest BCUT2D eigenvalue weighted by molar-refractivity contribution is -0.0677. The van der Waals surface area contributed by atoms with Crippen molar-refractivity contribution >= 4 is 0 Å². The van der Waals surface area contributed by atoms with Gasteiger partial charge in [-0.3, -0.25) is 4.90 Å². The molecule has 2 heterocycles. The summed E-state index contributed by atoms with van der Waals surface area (Å²) in [6, 6.07) is 0.475. The Morgan fingerprint density at radius 3 is 2.61 bits per heavy atom. The van der Waals surface area contributed by atoms with Crippen molar-refractivity contribution in [3.8, 4) is 0 Å². The molecule has 4 unspecified atom stereocenters. The summed E-state index contributed by atoms with van der Waals surface area (Å²) in [6.45, 7) is 11.8. The molecule has 0 aromatic carbocycles. The van der Waals surface area contributed by atoms with Crippen molar-refractivity contribution in [1.82, 2.24) is 10.2 Å². The van der Waals surface area contributed by atoms with Gasteiger partial charge in [-0.1, -0.05) is 0 Å². The molecule has 2 rings (SSSR count). The first-order valence-electron chi connectivity index (χ1n) is 7.38. The van der Waals surface area contributed by atoms with Crippen molar-refractivity contribution < 1.29 is 9.47 Å². The summed E-state index contributed by atoms with van der Waals surface area (Å²) >= 11 is 0. The third kappa shape index (κ3) is 4.19. The first kappa shape index (κ1) is 14.3. The van der Waals surface area contributed by atoms with Gasteiger partial charge in [-0.25, -0.2) is 0 Å². The molecule has 106 valence electrons. The fraction of sp³-hybridized carbons (Fsp3) is 1.00. The van der Waals surface area contributed by atoms with Gasteiger partial charge in [-0.2, -0.15) is 0 Å². The van der Waals surface area contributed by atoms with E-state index in [-0.39, 0.29) is 0 Å². The van der Waals surface area contributed by atoms with Gasteiger partial charge in [0, 0.05) is 38.8 Å². The predicted molar refractivity (Wildman–Crippen MR) is 72.9 cm³/mol. The van der Waals surface area contributed by atoms with Crippen molar-refractivity contribution in [3.05, 3.63) is 0 Å². The average Bonchev–Trinajstić information content (AvgIpc) is 2.80. The lowest BCUT2D eigenvalue weighted by Crippen LogP contribution is -2.49. The van der Waals surface area contributed by atoms with E-state index in [1.807, 2.05) is 0 Å². The van der Waals surface area contributed by atoms with Gasteiger partial charge in [0.25, 0.3) is 0 Å². The molecule has 1 N–H and O–H groups in total. The average molecular weight is 256 g/mol. The molecule has 2 aliphatic rings. The zero-order valence-electron chi connectivity index (χ0n) is 12.0. The summed E-state index contributed by atoms with van der Waals surface area (Å²) in [4.78, 5) is 2.49. The Bertz CT molecular complexity index is 234. The fourth-order valence-electron chi connectivity index (χ4n) is 3.05. The Balaban J connectivity index is 1.62. The highest BCUT2D eigenvalue weighted by Gasteiger charge is 2.24. The first-order valence-corrected chi connectivity index (χ1v) is 7.38. The van der Waals surface area contributed by atoms with Crippen LogP contribution < -0.4 is 5.32 Å². The van der Waals surface area contributed by atoms with Crippen LogP contribution in [-0.4, -0.2) is 62.0 Å². The molecule has 2 saturated heterocycles. The van der Waals surface area contributed by atoms with Crippen LogP contribution in [0.3, 0.4) is 0 Å². The minimum absolute atomic E-state index is 0.365. The normalized spacial score (nSPS) is 35.8. The van der Waals surface area contributed by atoms with E-state index in [9.17, 15) is 0 Å². The maximum atomic E-state index is 5.74. The summed E-state index contributed by atoms with van der Waals surface area (Å²) < 4.78 is 11.4. The van der Waals surface area contributed by atoms with Crippen LogP contribution in [0.4, 0.5) is 0 Å².